The maximum Gasteiger partial charge on any atom is 0.339 e. The number of halogens is 1. The summed E-state index contributed by atoms with van der Waals surface area (Å²) in [6.45, 7) is 3.78. The fourth-order valence-electron chi connectivity index (χ4n) is 3.43. The lowest BCUT2D eigenvalue weighted by molar-refractivity contribution is -0.122. The number of rotatable bonds is 4. The minimum atomic E-state index is -0.823. The minimum absolute atomic E-state index is 0.185. The summed E-state index contributed by atoms with van der Waals surface area (Å²) in [5, 5.41) is 2.37. The molecule has 4 rings (SSSR count). The Bertz CT molecular complexity index is 1390. The van der Waals surface area contributed by atoms with Crippen LogP contribution < -0.4 is 10.2 Å². The standard InChI is InChI=1S/C25H19ClN2O6/c1-13-4-6-16(10-14(13)2)28-23(30)19(22(29)27-25(28)32)12-17-7-9-21(34-17)15-5-8-18(20(26)11-15)24(31)33-3/h4-12H,1-3H3,(H,27,29,32)/b19-12+. The molecule has 1 saturated heterocycles. The summed E-state index contributed by atoms with van der Waals surface area (Å²) >= 11 is 6.17. The number of anilines is 1. The number of carbonyl (C=O) groups excluding carboxylic acids is 4. The van der Waals surface area contributed by atoms with Crippen LogP contribution in [0.25, 0.3) is 17.4 Å². The molecule has 3 aromatic rings. The molecule has 0 aliphatic carbocycles. The Balaban J connectivity index is 1.65. The first-order valence-corrected chi connectivity index (χ1v) is 10.5. The lowest BCUT2D eigenvalue weighted by Crippen LogP contribution is -2.54. The number of hydrogen-bond acceptors (Lipinski definition) is 6. The molecular formula is C25H19ClN2O6. The first-order chi connectivity index (χ1) is 16.2. The van der Waals surface area contributed by atoms with Crippen LogP contribution in [0.5, 0.6) is 0 Å². The van der Waals surface area contributed by atoms with Gasteiger partial charge in [0.05, 0.1) is 23.4 Å². The van der Waals surface area contributed by atoms with Gasteiger partial charge in [0.25, 0.3) is 11.8 Å². The molecule has 2 heterocycles. The molecule has 1 N–H and O–H groups in total. The zero-order valence-corrected chi connectivity index (χ0v) is 19.2. The van der Waals surface area contributed by atoms with Crippen LogP contribution in [-0.2, 0) is 14.3 Å². The van der Waals surface area contributed by atoms with Gasteiger partial charge in [-0.05, 0) is 67.4 Å². The second-order valence-corrected chi connectivity index (χ2v) is 8.02. The fourth-order valence-corrected chi connectivity index (χ4v) is 3.69. The number of ether oxygens (including phenoxy) is 1. The molecule has 2 aromatic carbocycles. The van der Waals surface area contributed by atoms with Gasteiger partial charge >= 0.3 is 12.0 Å². The Kier molecular flexibility index (Phi) is 6.08. The number of amides is 4. The number of benzene rings is 2. The molecule has 0 saturated carbocycles. The van der Waals surface area contributed by atoms with Crippen molar-refractivity contribution in [1.82, 2.24) is 5.32 Å². The molecule has 172 valence electrons. The summed E-state index contributed by atoms with van der Waals surface area (Å²) < 4.78 is 10.4. The van der Waals surface area contributed by atoms with Crippen LogP contribution in [0.4, 0.5) is 10.5 Å². The number of nitrogens with one attached hydrogen (secondary N) is 1. The summed E-state index contributed by atoms with van der Waals surface area (Å²) in [6, 6.07) is 12.2. The molecule has 1 aromatic heterocycles. The topological polar surface area (TPSA) is 106 Å². The number of aryl methyl sites for hydroxylation is 2. The van der Waals surface area contributed by atoms with Gasteiger partial charge < -0.3 is 9.15 Å². The van der Waals surface area contributed by atoms with Crippen LogP contribution in [0.3, 0.4) is 0 Å². The second-order valence-electron chi connectivity index (χ2n) is 7.61. The number of methoxy groups -OCH3 is 1. The van der Waals surface area contributed by atoms with E-state index in [4.69, 9.17) is 16.0 Å². The number of carbonyl (C=O) groups is 4. The van der Waals surface area contributed by atoms with Crippen molar-refractivity contribution in [3.05, 3.63) is 81.6 Å². The van der Waals surface area contributed by atoms with E-state index in [0.717, 1.165) is 16.0 Å². The lowest BCUT2D eigenvalue weighted by atomic mass is 10.1. The zero-order chi connectivity index (χ0) is 24.6. The minimum Gasteiger partial charge on any atom is -0.465 e. The molecule has 9 heteroatoms. The molecule has 1 aliphatic heterocycles. The number of barbiturate groups is 1. The average Bonchev–Trinajstić information content (AvgIpc) is 3.27. The van der Waals surface area contributed by atoms with Gasteiger partial charge in [0, 0.05) is 5.56 Å². The molecule has 0 atom stereocenters. The zero-order valence-electron chi connectivity index (χ0n) is 18.5. The largest absolute Gasteiger partial charge is 0.465 e. The van der Waals surface area contributed by atoms with E-state index in [1.54, 1.807) is 42.5 Å². The van der Waals surface area contributed by atoms with Crippen LogP contribution >= 0.6 is 11.6 Å². The number of imide groups is 2. The molecule has 0 spiro atoms. The number of hydrogen-bond donors (Lipinski definition) is 1. The number of urea groups is 1. The second kappa shape index (κ2) is 8.99. The highest BCUT2D eigenvalue weighted by atomic mass is 35.5. The van der Waals surface area contributed by atoms with Crippen molar-refractivity contribution in [2.45, 2.75) is 13.8 Å². The molecular weight excluding hydrogens is 460 g/mol. The normalized spacial score (nSPS) is 15.0. The first-order valence-electron chi connectivity index (χ1n) is 10.2. The van der Waals surface area contributed by atoms with E-state index in [2.05, 4.69) is 10.1 Å². The van der Waals surface area contributed by atoms with Gasteiger partial charge in [-0.3, -0.25) is 14.9 Å². The van der Waals surface area contributed by atoms with Gasteiger partial charge in [0.15, 0.2) is 0 Å². The highest BCUT2D eigenvalue weighted by molar-refractivity contribution is 6.39. The third-order valence-electron chi connectivity index (χ3n) is 5.42. The molecule has 0 radical (unpaired) electrons. The van der Waals surface area contributed by atoms with Crippen molar-refractivity contribution < 1.29 is 28.3 Å². The average molecular weight is 479 g/mol. The van der Waals surface area contributed by atoms with Crippen molar-refractivity contribution in [3.63, 3.8) is 0 Å². The monoisotopic (exact) mass is 478 g/mol. The van der Waals surface area contributed by atoms with Gasteiger partial charge in [-0.2, -0.15) is 0 Å². The van der Waals surface area contributed by atoms with E-state index in [-0.39, 0.29) is 21.9 Å². The molecule has 0 unspecified atom stereocenters. The van der Waals surface area contributed by atoms with Gasteiger partial charge in [0.2, 0.25) is 0 Å². The number of esters is 1. The Morgan fingerprint density at radius 3 is 2.47 bits per heavy atom. The highest BCUT2D eigenvalue weighted by Gasteiger charge is 2.37. The molecule has 0 bridgehead atoms. The smallest absolute Gasteiger partial charge is 0.339 e. The maximum atomic E-state index is 13.1. The summed E-state index contributed by atoms with van der Waals surface area (Å²) in [4.78, 5) is 50.5. The predicted molar refractivity (Wildman–Crippen MR) is 125 cm³/mol. The fraction of sp³-hybridized carbons (Fsp3) is 0.120. The van der Waals surface area contributed by atoms with E-state index in [9.17, 15) is 19.2 Å². The van der Waals surface area contributed by atoms with E-state index in [1.807, 2.05) is 13.8 Å². The van der Waals surface area contributed by atoms with Crippen molar-refractivity contribution in [3.8, 4) is 11.3 Å². The maximum absolute atomic E-state index is 13.1. The lowest BCUT2D eigenvalue weighted by Gasteiger charge is -2.26. The Morgan fingerprint density at radius 1 is 1.03 bits per heavy atom. The van der Waals surface area contributed by atoms with Crippen molar-refractivity contribution >= 4 is 47.2 Å². The molecule has 4 amide bonds. The molecule has 1 fully saturated rings. The number of furan rings is 1. The third-order valence-corrected chi connectivity index (χ3v) is 5.74. The summed E-state index contributed by atoms with van der Waals surface area (Å²) in [5.74, 6) is -1.53. The van der Waals surface area contributed by atoms with Crippen molar-refractivity contribution in [2.24, 2.45) is 0 Å². The van der Waals surface area contributed by atoms with Gasteiger partial charge in [-0.15, -0.1) is 0 Å². The number of nitrogens with zero attached hydrogens (tertiary/aromatic N) is 1. The SMILES string of the molecule is COC(=O)c1ccc(-c2ccc(/C=C3\C(=O)NC(=O)N(c4ccc(C)c(C)c4)C3=O)o2)cc1Cl. The summed E-state index contributed by atoms with van der Waals surface area (Å²) in [6.07, 6.45) is 1.27. The van der Waals surface area contributed by atoms with Crippen LogP contribution in [0.15, 0.2) is 58.5 Å². The third kappa shape index (κ3) is 4.23. The van der Waals surface area contributed by atoms with Gasteiger partial charge in [-0.25, -0.2) is 14.5 Å². The molecule has 34 heavy (non-hydrogen) atoms. The highest BCUT2D eigenvalue weighted by Crippen LogP contribution is 2.29. The van der Waals surface area contributed by atoms with E-state index in [0.29, 0.717) is 17.0 Å². The molecule has 1 aliphatic rings. The predicted octanol–water partition coefficient (Wildman–Crippen LogP) is 4.67. The first kappa shape index (κ1) is 23.0. The van der Waals surface area contributed by atoms with E-state index < -0.39 is 23.8 Å². The van der Waals surface area contributed by atoms with Crippen LogP contribution in [0.1, 0.15) is 27.2 Å². The summed E-state index contributed by atoms with van der Waals surface area (Å²) in [7, 11) is 1.26. The van der Waals surface area contributed by atoms with Crippen molar-refractivity contribution in [2.75, 3.05) is 12.0 Å². The Hall–Kier alpha value is -4.17. The van der Waals surface area contributed by atoms with Crippen LogP contribution in [0, 0.1) is 13.8 Å². The van der Waals surface area contributed by atoms with Crippen LogP contribution in [0.2, 0.25) is 5.02 Å². The Morgan fingerprint density at radius 2 is 1.79 bits per heavy atom. The van der Waals surface area contributed by atoms with Crippen LogP contribution in [-0.4, -0.2) is 30.9 Å². The van der Waals surface area contributed by atoms with Gasteiger partial charge in [-0.1, -0.05) is 23.7 Å². The van der Waals surface area contributed by atoms with Gasteiger partial charge in [0.1, 0.15) is 17.1 Å². The van der Waals surface area contributed by atoms with E-state index >= 15 is 0 Å². The Labute approximate surface area is 199 Å². The quantitative estimate of drug-likeness (QED) is 0.332. The summed E-state index contributed by atoms with van der Waals surface area (Å²) in [5.41, 5.74) is 2.79. The molecule has 8 nitrogen and oxygen atoms in total. The van der Waals surface area contributed by atoms with E-state index in [1.165, 1.54) is 19.3 Å². The van der Waals surface area contributed by atoms with Crippen molar-refractivity contribution in [1.29, 1.82) is 0 Å².